The van der Waals surface area contributed by atoms with E-state index in [1.807, 2.05) is 6.07 Å². The van der Waals surface area contributed by atoms with Crippen molar-refractivity contribution in [3.05, 3.63) is 59.7 Å². The first-order valence-corrected chi connectivity index (χ1v) is 11.2. The van der Waals surface area contributed by atoms with Crippen LogP contribution in [0.5, 0.6) is 5.75 Å². The fourth-order valence-electron chi connectivity index (χ4n) is 2.23. The highest BCUT2D eigenvalue weighted by atomic mass is 28.3. The lowest BCUT2D eigenvalue weighted by molar-refractivity contribution is 0.306. The SMILES string of the molecule is CC(C)c1cccc(OCc2ccc([Si](C)(C)C)cc2)c1. The molecule has 0 saturated carbocycles. The van der Waals surface area contributed by atoms with Crippen molar-refractivity contribution in [3.8, 4) is 5.75 Å². The first-order chi connectivity index (χ1) is 9.86. The Morgan fingerprint density at radius 1 is 0.952 bits per heavy atom. The Balaban J connectivity index is 2.01. The molecule has 0 unspecified atom stereocenters. The summed E-state index contributed by atoms with van der Waals surface area (Å²) in [5, 5.41) is 1.49. The molecule has 0 radical (unpaired) electrons. The fourth-order valence-corrected chi connectivity index (χ4v) is 3.40. The van der Waals surface area contributed by atoms with E-state index in [0.29, 0.717) is 12.5 Å². The summed E-state index contributed by atoms with van der Waals surface area (Å²) in [6.07, 6.45) is 0. The van der Waals surface area contributed by atoms with Crippen molar-refractivity contribution in [2.45, 2.75) is 46.0 Å². The van der Waals surface area contributed by atoms with E-state index in [0.717, 1.165) is 5.75 Å². The van der Waals surface area contributed by atoms with E-state index in [4.69, 9.17) is 4.74 Å². The molecule has 0 saturated heterocycles. The van der Waals surface area contributed by atoms with Gasteiger partial charge < -0.3 is 4.74 Å². The van der Waals surface area contributed by atoms with E-state index in [2.05, 4.69) is 76.0 Å². The number of hydrogen-bond donors (Lipinski definition) is 0. The standard InChI is InChI=1S/C19H26OSi/c1-15(2)17-7-6-8-18(13-17)20-14-16-9-11-19(12-10-16)21(3,4)5/h6-13,15H,14H2,1-5H3. The second-order valence-corrected chi connectivity index (χ2v) is 12.0. The minimum atomic E-state index is -1.20. The monoisotopic (exact) mass is 298 g/mol. The first kappa shape index (κ1) is 15.8. The molecule has 0 amide bonds. The summed E-state index contributed by atoms with van der Waals surface area (Å²) in [5.41, 5.74) is 2.55. The molecule has 0 fully saturated rings. The topological polar surface area (TPSA) is 9.23 Å². The molecule has 2 aromatic carbocycles. The van der Waals surface area contributed by atoms with Gasteiger partial charge in [-0.15, -0.1) is 0 Å². The van der Waals surface area contributed by atoms with Crippen molar-refractivity contribution in [1.82, 2.24) is 0 Å². The van der Waals surface area contributed by atoms with Crippen molar-refractivity contribution in [1.29, 1.82) is 0 Å². The van der Waals surface area contributed by atoms with Crippen LogP contribution in [-0.2, 0) is 6.61 Å². The summed E-state index contributed by atoms with van der Waals surface area (Å²) in [5.74, 6) is 1.49. The smallest absolute Gasteiger partial charge is 0.120 e. The Morgan fingerprint density at radius 3 is 2.19 bits per heavy atom. The predicted molar refractivity (Wildman–Crippen MR) is 94.3 cm³/mol. The van der Waals surface area contributed by atoms with Crippen LogP contribution < -0.4 is 9.92 Å². The highest BCUT2D eigenvalue weighted by Gasteiger charge is 2.15. The number of rotatable bonds is 5. The average Bonchev–Trinajstić information content (AvgIpc) is 2.45. The molecule has 112 valence electrons. The summed E-state index contributed by atoms with van der Waals surface area (Å²) in [7, 11) is -1.20. The van der Waals surface area contributed by atoms with Gasteiger partial charge in [-0.3, -0.25) is 0 Å². The van der Waals surface area contributed by atoms with Crippen LogP contribution in [0.15, 0.2) is 48.5 Å². The quantitative estimate of drug-likeness (QED) is 0.711. The molecule has 2 rings (SSSR count). The molecule has 0 atom stereocenters. The highest BCUT2D eigenvalue weighted by molar-refractivity contribution is 6.88. The molecular formula is C19H26OSi. The highest BCUT2D eigenvalue weighted by Crippen LogP contribution is 2.20. The lowest BCUT2D eigenvalue weighted by Crippen LogP contribution is -2.37. The van der Waals surface area contributed by atoms with Crippen LogP contribution in [-0.4, -0.2) is 8.07 Å². The van der Waals surface area contributed by atoms with Crippen molar-refractivity contribution < 1.29 is 4.74 Å². The van der Waals surface area contributed by atoms with Gasteiger partial charge in [0.2, 0.25) is 0 Å². The maximum absolute atomic E-state index is 5.92. The summed E-state index contributed by atoms with van der Waals surface area (Å²) in [4.78, 5) is 0. The summed E-state index contributed by atoms with van der Waals surface area (Å²) < 4.78 is 5.92. The molecule has 0 aliphatic carbocycles. The second-order valence-electron chi connectivity index (χ2n) is 6.96. The van der Waals surface area contributed by atoms with Gasteiger partial charge in [0.1, 0.15) is 12.4 Å². The lowest BCUT2D eigenvalue weighted by atomic mass is 10.0. The van der Waals surface area contributed by atoms with Gasteiger partial charge in [-0.05, 0) is 29.2 Å². The van der Waals surface area contributed by atoms with Crippen LogP contribution >= 0.6 is 0 Å². The van der Waals surface area contributed by atoms with Crippen LogP contribution in [0, 0.1) is 0 Å². The summed E-state index contributed by atoms with van der Waals surface area (Å²) in [6, 6.07) is 17.3. The van der Waals surface area contributed by atoms with Crippen LogP contribution in [0.2, 0.25) is 19.6 Å². The number of ether oxygens (including phenoxy) is 1. The van der Waals surface area contributed by atoms with Crippen LogP contribution in [0.25, 0.3) is 0 Å². The van der Waals surface area contributed by atoms with Crippen molar-refractivity contribution in [2.75, 3.05) is 0 Å². The minimum Gasteiger partial charge on any atom is -0.489 e. The summed E-state index contributed by atoms with van der Waals surface area (Å²) in [6.45, 7) is 12.2. The Labute approximate surface area is 130 Å². The third-order valence-electron chi connectivity index (χ3n) is 3.75. The maximum atomic E-state index is 5.92. The maximum Gasteiger partial charge on any atom is 0.120 e. The van der Waals surface area contributed by atoms with Crippen LogP contribution in [0.4, 0.5) is 0 Å². The van der Waals surface area contributed by atoms with Crippen LogP contribution in [0.1, 0.15) is 30.9 Å². The van der Waals surface area contributed by atoms with Gasteiger partial charge in [0, 0.05) is 0 Å². The van der Waals surface area contributed by atoms with E-state index in [1.54, 1.807) is 0 Å². The van der Waals surface area contributed by atoms with E-state index in [1.165, 1.54) is 16.3 Å². The summed E-state index contributed by atoms with van der Waals surface area (Å²) >= 11 is 0. The average molecular weight is 299 g/mol. The van der Waals surface area contributed by atoms with E-state index in [-0.39, 0.29) is 0 Å². The van der Waals surface area contributed by atoms with E-state index < -0.39 is 8.07 Å². The zero-order valence-corrected chi connectivity index (χ0v) is 14.8. The Kier molecular flexibility index (Phi) is 4.89. The van der Waals surface area contributed by atoms with Crippen molar-refractivity contribution in [3.63, 3.8) is 0 Å². The van der Waals surface area contributed by atoms with Gasteiger partial charge in [0.05, 0.1) is 8.07 Å². The number of benzene rings is 2. The molecule has 0 spiro atoms. The Hall–Kier alpha value is -1.54. The van der Waals surface area contributed by atoms with Crippen molar-refractivity contribution >= 4 is 13.3 Å². The molecule has 0 aliphatic heterocycles. The van der Waals surface area contributed by atoms with Gasteiger partial charge in [-0.25, -0.2) is 0 Å². The van der Waals surface area contributed by atoms with Crippen molar-refractivity contribution in [2.24, 2.45) is 0 Å². The molecule has 0 aliphatic rings. The number of hydrogen-bond acceptors (Lipinski definition) is 1. The molecule has 0 bridgehead atoms. The molecule has 0 heterocycles. The van der Waals surface area contributed by atoms with Gasteiger partial charge in [0.25, 0.3) is 0 Å². The van der Waals surface area contributed by atoms with Gasteiger partial charge in [0.15, 0.2) is 0 Å². The third kappa shape index (κ3) is 4.47. The zero-order valence-electron chi connectivity index (χ0n) is 13.8. The second kappa shape index (κ2) is 6.48. The molecule has 0 N–H and O–H groups in total. The van der Waals surface area contributed by atoms with E-state index >= 15 is 0 Å². The zero-order chi connectivity index (χ0) is 15.5. The lowest BCUT2D eigenvalue weighted by Gasteiger charge is -2.17. The van der Waals surface area contributed by atoms with Gasteiger partial charge in [-0.2, -0.15) is 0 Å². The van der Waals surface area contributed by atoms with Gasteiger partial charge in [-0.1, -0.05) is 75.1 Å². The van der Waals surface area contributed by atoms with Gasteiger partial charge >= 0.3 is 0 Å². The molecule has 2 aromatic rings. The fraction of sp³-hybridized carbons (Fsp3) is 0.368. The Morgan fingerprint density at radius 2 is 1.62 bits per heavy atom. The normalized spacial score (nSPS) is 11.7. The first-order valence-electron chi connectivity index (χ1n) is 7.68. The largest absolute Gasteiger partial charge is 0.489 e. The molecule has 2 heteroatoms. The third-order valence-corrected chi connectivity index (χ3v) is 5.82. The molecule has 21 heavy (non-hydrogen) atoms. The molecule has 0 aromatic heterocycles. The predicted octanol–water partition coefficient (Wildman–Crippen LogP) is 4.93. The minimum absolute atomic E-state index is 0.532. The van der Waals surface area contributed by atoms with Crippen LogP contribution in [0.3, 0.4) is 0 Å². The van der Waals surface area contributed by atoms with E-state index in [9.17, 15) is 0 Å². The molecule has 1 nitrogen and oxygen atoms in total. The molecular weight excluding hydrogens is 272 g/mol. The Bertz CT molecular complexity index is 579.